The lowest BCUT2D eigenvalue weighted by Crippen LogP contribution is -2.37. The first-order valence-electron chi connectivity index (χ1n) is 5.78. The van der Waals surface area contributed by atoms with Crippen molar-refractivity contribution in [3.8, 4) is 0 Å². The molecule has 2 aromatic rings. The van der Waals surface area contributed by atoms with Crippen molar-refractivity contribution in [3.05, 3.63) is 33.1 Å². The van der Waals surface area contributed by atoms with Crippen LogP contribution in [0.5, 0.6) is 0 Å². The van der Waals surface area contributed by atoms with Gasteiger partial charge in [-0.2, -0.15) is 0 Å². The molecule has 0 radical (unpaired) electrons. The summed E-state index contributed by atoms with van der Waals surface area (Å²) in [5.74, 6) is 0. The van der Waals surface area contributed by atoms with Crippen LogP contribution in [0.1, 0.15) is 0 Å². The van der Waals surface area contributed by atoms with Gasteiger partial charge in [0, 0.05) is 39.3 Å². The highest BCUT2D eigenvalue weighted by atomic mass is 32.2. The van der Waals surface area contributed by atoms with Crippen molar-refractivity contribution in [2.45, 2.75) is 4.90 Å². The summed E-state index contributed by atoms with van der Waals surface area (Å²) in [7, 11) is 6.25. The zero-order valence-electron chi connectivity index (χ0n) is 11.6. The Bertz CT molecular complexity index is 807. The summed E-state index contributed by atoms with van der Waals surface area (Å²) in [4.78, 5) is 41.6. The molecular weight excluding hydrogens is 280 g/mol. The van der Waals surface area contributed by atoms with Gasteiger partial charge in [-0.15, -0.1) is 0 Å². The zero-order valence-corrected chi connectivity index (χ0v) is 12.4. The highest BCUT2D eigenvalue weighted by molar-refractivity contribution is 8.13. The van der Waals surface area contributed by atoms with E-state index in [1.165, 1.54) is 22.7 Å². The van der Waals surface area contributed by atoms with Crippen LogP contribution in [0.3, 0.4) is 0 Å². The minimum Gasteiger partial charge on any atom is -0.339 e. The van der Waals surface area contributed by atoms with Crippen LogP contribution < -0.4 is 11.2 Å². The lowest BCUT2D eigenvalue weighted by molar-refractivity contribution is 0.241. The summed E-state index contributed by atoms with van der Waals surface area (Å²) < 4.78 is 2.32. The highest BCUT2D eigenvalue weighted by Crippen LogP contribution is 2.21. The summed E-state index contributed by atoms with van der Waals surface area (Å²) >= 11 is 0.980. The van der Waals surface area contributed by atoms with Crippen LogP contribution in [0, 0.1) is 0 Å². The molecule has 0 saturated heterocycles. The molecule has 0 N–H and O–H groups in total. The van der Waals surface area contributed by atoms with Crippen LogP contribution in [0.25, 0.3) is 11.0 Å². The SMILES string of the molecule is CN(C)C(=O)Sc1cnc2c(c1)c(=O)n(C)c(=O)n2C. The fourth-order valence-electron chi connectivity index (χ4n) is 1.69. The zero-order chi connectivity index (χ0) is 15.0. The van der Waals surface area contributed by atoms with E-state index in [-0.39, 0.29) is 5.24 Å². The number of thioether (sulfide) groups is 1. The van der Waals surface area contributed by atoms with Crippen molar-refractivity contribution in [1.82, 2.24) is 19.0 Å². The van der Waals surface area contributed by atoms with Crippen molar-refractivity contribution in [1.29, 1.82) is 0 Å². The van der Waals surface area contributed by atoms with Gasteiger partial charge >= 0.3 is 5.69 Å². The van der Waals surface area contributed by atoms with Gasteiger partial charge in [-0.1, -0.05) is 0 Å². The van der Waals surface area contributed by atoms with Gasteiger partial charge < -0.3 is 4.90 Å². The Morgan fingerprint density at radius 2 is 1.90 bits per heavy atom. The molecule has 0 bridgehead atoms. The molecule has 0 aliphatic rings. The number of fused-ring (bicyclic) bond motifs is 1. The van der Waals surface area contributed by atoms with E-state index in [1.54, 1.807) is 27.2 Å². The molecule has 0 fully saturated rings. The van der Waals surface area contributed by atoms with E-state index in [1.807, 2.05) is 0 Å². The van der Waals surface area contributed by atoms with Crippen molar-refractivity contribution in [3.63, 3.8) is 0 Å². The molecule has 1 amide bonds. The first-order valence-corrected chi connectivity index (χ1v) is 6.59. The highest BCUT2D eigenvalue weighted by Gasteiger charge is 2.12. The van der Waals surface area contributed by atoms with Crippen LogP contribution in [-0.4, -0.2) is 38.4 Å². The predicted octanol–water partition coefficient (Wildman–Crippen LogP) is 0.406. The van der Waals surface area contributed by atoms with Crippen LogP contribution in [0.15, 0.2) is 26.7 Å². The second kappa shape index (κ2) is 5.12. The normalized spacial score (nSPS) is 10.8. The molecule has 0 saturated carbocycles. The summed E-state index contributed by atoms with van der Waals surface area (Å²) in [5.41, 5.74) is -0.546. The van der Waals surface area contributed by atoms with Gasteiger partial charge in [0.1, 0.15) is 5.65 Å². The lowest BCUT2D eigenvalue weighted by Gasteiger charge is -2.10. The number of nitrogens with zero attached hydrogens (tertiary/aromatic N) is 4. The quantitative estimate of drug-likeness (QED) is 0.712. The van der Waals surface area contributed by atoms with Crippen molar-refractivity contribution in [2.24, 2.45) is 14.1 Å². The van der Waals surface area contributed by atoms with E-state index in [9.17, 15) is 14.4 Å². The molecule has 20 heavy (non-hydrogen) atoms. The Kier molecular flexibility index (Phi) is 3.67. The topological polar surface area (TPSA) is 77.2 Å². The molecule has 106 valence electrons. The first kappa shape index (κ1) is 14.3. The standard InChI is InChI=1S/C12H14N4O3S/c1-14(2)12(19)20-7-5-8-9(13-6-7)15(3)11(18)16(4)10(8)17/h5-6H,1-4H3. The van der Waals surface area contributed by atoms with Crippen LogP contribution >= 0.6 is 11.8 Å². The molecule has 2 heterocycles. The van der Waals surface area contributed by atoms with Crippen LogP contribution in [0.4, 0.5) is 4.79 Å². The summed E-state index contributed by atoms with van der Waals surface area (Å²) in [5, 5.41) is 0.152. The van der Waals surface area contributed by atoms with E-state index in [2.05, 4.69) is 4.98 Å². The fourth-order valence-corrected chi connectivity index (χ4v) is 2.36. The molecule has 0 spiro atoms. The van der Waals surface area contributed by atoms with E-state index in [4.69, 9.17) is 0 Å². The number of amides is 1. The third-order valence-corrected chi connectivity index (χ3v) is 3.84. The Morgan fingerprint density at radius 1 is 1.25 bits per heavy atom. The third kappa shape index (κ3) is 2.34. The monoisotopic (exact) mass is 294 g/mol. The largest absolute Gasteiger partial charge is 0.339 e. The van der Waals surface area contributed by atoms with Gasteiger partial charge in [-0.3, -0.25) is 18.7 Å². The van der Waals surface area contributed by atoms with Crippen molar-refractivity contribution in [2.75, 3.05) is 14.1 Å². The minimum atomic E-state index is -0.431. The molecule has 2 rings (SSSR count). The maximum atomic E-state index is 12.1. The van der Waals surface area contributed by atoms with Gasteiger partial charge in [0.05, 0.1) is 5.39 Å². The Morgan fingerprint density at radius 3 is 2.50 bits per heavy atom. The number of hydrogen-bond donors (Lipinski definition) is 0. The Balaban J connectivity index is 2.64. The predicted molar refractivity (Wildman–Crippen MR) is 77.2 cm³/mol. The summed E-state index contributed by atoms with van der Waals surface area (Å²) in [6.45, 7) is 0. The van der Waals surface area contributed by atoms with Gasteiger partial charge in [0.2, 0.25) is 0 Å². The van der Waals surface area contributed by atoms with Gasteiger partial charge in [0.25, 0.3) is 10.8 Å². The summed E-state index contributed by atoms with van der Waals surface area (Å²) in [6, 6.07) is 1.58. The van der Waals surface area contributed by atoms with Crippen molar-refractivity contribution < 1.29 is 4.79 Å². The number of carbonyl (C=O) groups excluding carboxylic acids is 1. The molecule has 7 nitrogen and oxygen atoms in total. The maximum absolute atomic E-state index is 12.1. The molecule has 0 aliphatic carbocycles. The number of aryl methyl sites for hydroxylation is 1. The Labute approximate surface area is 118 Å². The molecular formula is C12H14N4O3S. The number of rotatable bonds is 1. The van der Waals surface area contributed by atoms with Gasteiger partial charge in [-0.05, 0) is 17.8 Å². The average molecular weight is 294 g/mol. The average Bonchev–Trinajstić information content (AvgIpc) is 2.42. The second-order valence-electron chi connectivity index (χ2n) is 4.51. The van der Waals surface area contributed by atoms with E-state index >= 15 is 0 Å². The van der Waals surface area contributed by atoms with E-state index < -0.39 is 11.2 Å². The first-order chi connectivity index (χ1) is 9.32. The van der Waals surface area contributed by atoms with Crippen LogP contribution in [-0.2, 0) is 14.1 Å². The maximum Gasteiger partial charge on any atom is 0.332 e. The molecule has 0 aromatic carbocycles. The Hall–Kier alpha value is -2.09. The summed E-state index contributed by atoms with van der Waals surface area (Å²) in [6.07, 6.45) is 1.48. The third-order valence-electron chi connectivity index (χ3n) is 2.84. The van der Waals surface area contributed by atoms with Gasteiger partial charge in [0.15, 0.2) is 0 Å². The number of pyridine rings is 1. The molecule has 0 atom stereocenters. The van der Waals surface area contributed by atoms with Crippen molar-refractivity contribution >= 4 is 28.0 Å². The number of hydrogen-bond acceptors (Lipinski definition) is 5. The van der Waals surface area contributed by atoms with Crippen LogP contribution in [0.2, 0.25) is 0 Å². The van der Waals surface area contributed by atoms with E-state index in [0.29, 0.717) is 15.9 Å². The minimum absolute atomic E-state index is 0.159. The fraction of sp³-hybridized carbons (Fsp3) is 0.333. The number of aromatic nitrogens is 3. The van der Waals surface area contributed by atoms with Gasteiger partial charge in [-0.25, -0.2) is 9.78 Å². The molecule has 0 unspecified atom stereocenters. The molecule has 2 aromatic heterocycles. The smallest absolute Gasteiger partial charge is 0.332 e. The lowest BCUT2D eigenvalue weighted by atomic mass is 10.3. The molecule has 8 heteroatoms. The second-order valence-corrected chi connectivity index (χ2v) is 5.54. The molecule has 0 aliphatic heterocycles. The number of carbonyl (C=O) groups is 1. The van der Waals surface area contributed by atoms with E-state index in [0.717, 1.165) is 16.3 Å².